The Morgan fingerprint density at radius 3 is 2.58 bits per heavy atom. The first kappa shape index (κ1) is 16.4. The van der Waals surface area contributed by atoms with E-state index in [1.54, 1.807) is 14.2 Å². The molecule has 0 bridgehead atoms. The molecule has 1 atom stereocenters. The highest BCUT2D eigenvalue weighted by molar-refractivity contribution is 5.78. The Hall–Kier alpha value is -3.02. The first-order valence-electron chi connectivity index (χ1n) is 8.56. The summed E-state index contributed by atoms with van der Waals surface area (Å²) in [6.07, 6.45) is 2.42. The zero-order chi connectivity index (χ0) is 18.3. The van der Waals surface area contributed by atoms with Crippen LogP contribution in [0.3, 0.4) is 0 Å². The molecule has 0 spiro atoms. The van der Waals surface area contributed by atoms with Crippen LogP contribution in [0, 0.1) is 6.92 Å². The van der Waals surface area contributed by atoms with Gasteiger partial charge in [-0.15, -0.1) is 0 Å². The molecule has 3 heterocycles. The van der Waals surface area contributed by atoms with E-state index in [9.17, 15) is 4.79 Å². The van der Waals surface area contributed by atoms with Crippen LogP contribution in [0.5, 0.6) is 11.5 Å². The molecule has 6 heteroatoms. The summed E-state index contributed by atoms with van der Waals surface area (Å²) in [5.74, 6) is 1.29. The van der Waals surface area contributed by atoms with Gasteiger partial charge in [0.1, 0.15) is 17.1 Å². The number of benzene rings is 1. The number of methoxy groups -OCH3 is 2. The summed E-state index contributed by atoms with van der Waals surface area (Å²) >= 11 is 0. The van der Waals surface area contributed by atoms with Crippen molar-refractivity contribution in [2.24, 2.45) is 0 Å². The van der Waals surface area contributed by atoms with Gasteiger partial charge in [0.2, 0.25) is 5.91 Å². The summed E-state index contributed by atoms with van der Waals surface area (Å²) in [5, 5.41) is 2.96. The normalized spacial score (nSPS) is 16.7. The zero-order valence-corrected chi connectivity index (χ0v) is 15.1. The van der Waals surface area contributed by atoms with Crippen LogP contribution in [-0.4, -0.2) is 29.5 Å². The predicted molar refractivity (Wildman–Crippen MR) is 97.8 cm³/mol. The average Bonchev–Trinajstić information content (AvgIpc) is 2.92. The van der Waals surface area contributed by atoms with Crippen LogP contribution in [0.25, 0.3) is 5.65 Å². The highest BCUT2D eigenvalue weighted by Gasteiger charge is 2.29. The predicted octanol–water partition coefficient (Wildman–Crippen LogP) is 2.81. The molecular formula is C20H21N3O3. The number of hydrogen-bond acceptors (Lipinski definition) is 4. The van der Waals surface area contributed by atoms with Gasteiger partial charge in [-0.2, -0.15) is 0 Å². The maximum atomic E-state index is 12.3. The largest absolute Gasteiger partial charge is 0.497 e. The van der Waals surface area contributed by atoms with E-state index in [0.29, 0.717) is 24.5 Å². The van der Waals surface area contributed by atoms with Crippen molar-refractivity contribution in [1.82, 2.24) is 14.7 Å². The van der Waals surface area contributed by atoms with Gasteiger partial charge in [0.05, 0.1) is 32.2 Å². The topological polar surface area (TPSA) is 64.9 Å². The van der Waals surface area contributed by atoms with Crippen LogP contribution in [0.4, 0.5) is 0 Å². The van der Waals surface area contributed by atoms with E-state index >= 15 is 0 Å². The number of hydrogen-bond donors (Lipinski definition) is 1. The Morgan fingerprint density at radius 2 is 1.88 bits per heavy atom. The third-order valence-electron chi connectivity index (χ3n) is 4.83. The molecular weight excluding hydrogens is 330 g/mol. The molecule has 0 saturated heterocycles. The van der Waals surface area contributed by atoms with Gasteiger partial charge in [0.25, 0.3) is 0 Å². The van der Waals surface area contributed by atoms with E-state index in [1.807, 2.05) is 30.3 Å². The van der Waals surface area contributed by atoms with Gasteiger partial charge in [0.15, 0.2) is 0 Å². The van der Waals surface area contributed by atoms with E-state index in [2.05, 4.69) is 22.8 Å². The molecule has 0 radical (unpaired) electrons. The van der Waals surface area contributed by atoms with Crippen molar-refractivity contribution in [1.29, 1.82) is 0 Å². The van der Waals surface area contributed by atoms with Crippen molar-refractivity contribution in [2.45, 2.75) is 25.8 Å². The third-order valence-corrected chi connectivity index (χ3v) is 4.83. The van der Waals surface area contributed by atoms with Gasteiger partial charge in [-0.1, -0.05) is 6.07 Å². The van der Waals surface area contributed by atoms with Crippen molar-refractivity contribution < 1.29 is 14.3 Å². The van der Waals surface area contributed by atoms with Crippen molar-refractivity contribution in [3.8, 4) is 11.5 Å². The summed E-state index contributed by atoms with van der Waals surface area (Å²) in [5.41, 5.74) is 4.94. The lowest BCUT2D eigenvalue weighted by Gasteiger charge is -2.18. The number of ether oxygens (including phenoxy) is 2. The zero-order valence-electron chi connectivity index (χ0n) is 15.1. The number of pyridine rings is 1. The summed E-state index contributed by atoms with van der Waals surface area (Å²) < 4.78 is 12.9. The highest BCUT2D eigenvalue weighted by Crippen LogP contribution is 2.36. The number of rotatable bonds is 3. The van der Waals surface area contributed by atoms with Crippen LogP contribution in [0.1, 0.15) is 34.9 Å². The standard InChI is InChI=1S/C20H21N3O3/c1-12-4-5-18-22-17-10-21-19(24)9-16(20(17)23(18)11-12)13-6-14(25-2)8-15(7-13)26-3/h4-8,11,16H,9-10H2,1-3H3,(H,21,24)/t16-/m0/s1. The van der Waals surface area contributed by atoms with Gasteiger partial charge in [0, 0.05) is 24.6 Å². The Kier molecular flexibility index (Phi) is 4.03. The quantitative estimate of drug-likeness (QED) is 0.788. The van der Waals surface area contributed by atoms with Gasteiger partial charge >= 0.3 is 0 Å². The smallest absolute Gasteiger partial charge is 0.221 e. The second-order valence-electron chi connectivity index (χ2n) is 6.56. The van der Waals surface area contributed by atoms with Crippen molar-refractivity contribution in [3.63, 3.8) is 0 Å². The first-order valence-corrected chi connectivity index (χ1v) is 8.56. The van der Waals surface area contributed by atoms with E-state index in [0.717, 1.165) is 28.2 Å². The fourth-order valence-electron chi connectivity index (χ4n) is 3.56. The minimum absolute atomic E-state index is 0.0104. The van der Waals surface area contributed by atoms with E-state index in [4.69, 9.17) is 14.5 Å². The number of aryl methyl sites for hydroxylation is 1. The Balaban J connectivity index is 1.95. The average molecular weight is 351 g/mol. The van der Waals surface area contributed by atoms with Gasteiger partial charge in [-0.3, -0.25) is 4.79 Å². The molecule has 0 saturated carbocycles. The van der Waals surface area contributed by atoms with Crippen molar-refractivity contribution in [2.75, 3.05) is 14.2 Å². The fraction of sp³-hybridized carbons (Fsp3) is 0.300. The molecule has 0 unspecified atom stereocenters. The summed E-state index contributed by atoms with van der Waals surface area (Å²) in [6.45, 7) is 2.49. The summed E-state index contributed by atoms with van der Waals surface area (Å²) in [6, 6.07) is 9.81. The number of nitrogens with zero attached hydrogens (tertiary/aromatic N) is 2. The second kappa shape index (κ2) is 6.37. The molecule has 1 aliphatic rings. The summed E-state index contributed by atoms with van der Waals surface area (Å²) in [7, 11) is 3.25. The van der Waals surface area contributed by atoms with Crippen LogP contribution < -0.4 is 14.8 Å². The lowest BCUT2D eigenvalue weighted by molar-refractivity contribution is -0.121. The Morgan fingerprint density at radius 1 is 1.15 bits per heavy atom. The molecule has 2 aromatic heterocycles. The van der Waals surface area contributed by atoms with Crippen LogP contribution in [-0.2, 0) is 11.3 Å². The number of imidazole rings is 1. The molecule has 1 N–H and O–H groups in total. The minimum atomic E-state index is -0.131. The number of amides is 1. The number of aromatic nitrogens is 2. The maximum absolute atomic E-state index is 12.3. The lowest BCUT2D eigenvalue weighted by Crippen LogP contribution is -2.21. The molecule has 4 rings (SSSR count). The fourth-order valence-corrected chi connectivity index (χ4v) is 3.56. The van der Waals surface area contributed by atoms with E-state index < -0.39 is 0 Å². The van der Waals surface area contributed by atoms with Gasteiger partial charge < -0.3 is 19.2 Å². The maximum Gasteiger partial charge on any atom is 0.221 e. The molecule has 1 aromatic carbocycles. The van der Waals surface area contributed by atoms with Crippen LogP contribution in [0.2, 0.25) is 0 Å². The minimum Gasteiger partial charge on any atom is -0.497 e. The monoisotopic (exact) mass is 351 g/mol. The molecule has 6 nitrogen and oxygen atoms in total. The highest BCUT2D eigenvalue weighted by atomic mass is 16.5. The van der Waals surface area contributed by atoms with E-state index in [1.165, 1.54) is 0 Å². The van der Waals surface area contributed by atoms with Gasteiger partial charge in [-0.05, 0) is 36.2 Å². The van der Waals surface area contributed by atoms with E-state index in [-0.39, 0.29) is 11.8 Å². The Labute approximate surface area is 151 Å². The molecule has 1 aliphatic heterocycles. The SMILES string of the molecule is COc1cc(OC)cc([C@@H]2CC(=O)NCc3nc4ccc(C)cn4c32)c1. The van der Waals surface area contributed by atoms with Crippen molar-refractivity contribution >= 4 is 11.6 Å². The van der Waals surface area contributed by atoms with Crippen molar-refractivity contribution in [3.05, 3.63) is 59.0 Å². The van der Waals surface area contributed by atoms with Gasteiger partial charge in [-0.25, -0.2) is 4.98 Å². The number of carbonyl (C=O) groups excluding carboxylic acids is 1. The molecule has 26 heavy (non-hydrogen) atoms. The number of fused-ring (bicyclic) bond motifs is 3. The first-order chi connectivity index (χ1) is 12.6. The molecule has 1 amide bonds. The second-order valence-corrected chi connectivity index (χ2v) is 6.56. The number of carbonyl (C=O) groups is 1. The molecule has 0 aliphatic carbocycles. The molecule has 0 fully saturated rings. The molecule has 134 valence electrons. The third kappa shape index (κ3) is 2.77. The van der Waals surface area contributed by atoms with Crippen LogP contribution in [0.15, 0.2) is 36.5 Å². The molecule has 3 aromatic rings. The Bertz CT molecular complexity index is 971. The summed E-state index contributed by atoms with van der Waals surface area (Å²) in [4.78, 5) is 17.1. The lowest BCUT2D eigenvalue weighted by atomic mass is 9.91. The number of nitrogens with one attached hydrogen (secondary N) is 1. The van der Waals surface area contributed by atoms with Crippen LogP contribution >= 0.6 is 0 Å².